The molecule has 1 aliphatic rings. The Kier molecular flexibility index (Phi) is 6.58. The number of ketones is 1. The Labute approximate surface area is 184 Å². The van der Waals surface area contributed by atoms with Gasteiger partial charge in [0.1, 0.15) is 17.3 Å². The van der Waals surface area contributed by atoms with Crippen molar-refractivity contribution in [3.8, 4) is 11.5 Å². The zero-order chi connectivity index (χ0) is 22.0. The van der Waals surface area contributed by atoms with E-state index < -0.39 is 17.7 Å². The number of likely N-dealkylation sites (tertiary alicyclic amines) is 1. The van der Waals surface area contributed by atoms with E-state index in [0.717, 1.165) is 0 Å². The van der Waals surface area contributed by atoms with Crippen LogP contribution in [0.1, 0.15) is 37.4 Å². The molecule has 158 valence electrons. The number of hydrogen-bond acceptors (Lipinski definition) is 5. The van der Waals surface area contributed by atoms with Crippen molar-refractivity contribution in [2.24, 2.45) is 0 Å². The van der Waals surface area contributed by atoms with Crippen molar-refractivity contribution in [3.05, 3.63) is 63.1 Å². The summed E-state index contributed by atoms with van der Waals surface area (Å²) in [7, 11) is 0. The molecule has 0 aromatic heterocycles. The first-order valence-electron chi connectivity index (χ1n) is 9.49. The Morgan fingerprint density at radius 3 is 2.47 bits per heavy atom. The summed E-state index contributed by atoms with van der Waals surface area (Å²) in [6.45, 7) is 4.37. The maximum atomic E-state index is 12.9. The summed E-state index contributed by atoms with van der Waals surface area (Å²) in [6, 6.07) is 8.23. The predicted octanol–water partition coefficient (Wildman–Crippen LogP) is 4.93. The molecule has 1 heterocycles. The molecule has 3 rings (SSSR count). The van der Waals surface area contributed by atoms with Crippen molar-refractivity contribution >= 4 is 40.7 Å². The number of benzene rings is 2. The lowest BCUT2D eigenvalue weighted by molar-refractivity contribution is -0.139. The quantitative estimate of drug-likeness (QED) is 0.370. The summed E-state index contributed by atoms with van der Waals surface area (Å²) in [5, 5.41) is 21.2. The van der Waals surface area contributed by atoms with E-state index in [9.17, 15) is 19.8 Å². The summed E-state index contributed by atoms with van der Waals surface area (Å²) in [5.41, 5.74) is 0.748. The van der Waals surface area contributed by atoms with Crippen LogP contribution in [0, 0.1) is 0 Å². The van der Waals surface area contributed by atoms with Crippen LogP contribution in [-0.2, 0) is 9.59 Å². The van der Waals surface area contributed by atoms with Gasteiger partial charge in [-0.3, -0.25) is 9.59 Å². The van der Waals surface area contributed by atoms with E-state index in [0.29, 0.717) is 41.5 Å². The van der Waals surface area contributed by atoms with Gasteiger partial charge in [0.05, 0.1) is 28.3 Å². The second-order valence-corrected chi connectivity index (χ2v) is 7.60. The number of ether oxygens (including phenoxy) is 1. The molecular weight excluding hydrogens is 429 g/mol. The molecule has 8 heteroatoms. The van der Waals surface area contributed by atoms with Gasteiger partial charge < -0.3 is 19.8 Å². The number of phenolic OH excluding ortho intramolecular Hbond substituents is 1. The molecule has 1 amide bonds. The van der Waals surface area contributed by atoms with Gasteiger partial charge in [-0.15, -0.1) is 0 Å². The molecule has 0 saturated carbocycles. The number of halogens is 2. The fraction of sp³-hybridized carbons (Fsp3) is 0.273. The standard InChI is InChI=1S/C22H21Cl2NO5/c1-3-9-25-19(12-6-8-16(26)15(24)10-12)18(21(28)22(25)29)20(27)13-5-7-14(23)17(11-13)30-4-2/h5-8,10-11,19,26-27H,3-4,9H2,1-2H3/b20-18-. The minimum atomic E-state index is -0.839. The number of aliphatic hydroxyl groups excluding tert-OH is 1. The van der Waals surface area contributed by atoms with Gasteiger partial charge in [0, 0.05) is 12.1 Å². The first-order chi connectivity index (χ1) is 14.3. The molecule has 30 heavy (non-hydrogen) atoms. The first kappa shape index (κ1) is 22.0. The van der Waals surface area contributed by atoms with E-state index in [4.69, 9.17) is 27.9 Å². The molecule has 0 radical (unpaired) electrons. The van der Waals surface area contributed by atoms with Crippen molar-refractivity contribution in [2.75, 3.05) is 13.2 Å². The third-order valence-electron chi connectivity index (χ3n) is 4.80. The molecule has 1 saturated heterocycles. The highest BCUT2D eigenvalue weighted by molar-refractivity contribution is 6.46. The van der Waals surface area contributed by atoms with Crippen LogP contribution in [0.25, 0.3) is 5.76 Å². The molecular formula is C22H21Cl2NO5. The second kappa shape index (κ2) is 8.98. The lowest BCUT2D eigenvalue weighted by Crippen LogP contribution is -2.30. The van der Waals surface area contributed by atoms with Gasteiger partial charge in [0.2, 0.25) is 0 Å². The number of Topliss-reactive ketones (excluding diaryl/α,β-unsaturated/α-hetero) is 1. The van der Waals surface area contributed by atoms with Gasteiger partial charge in [-0.2, -0.15) is 0 Å². The molecule has 2 aromatic rings. The lowest BCUT2D eigenvalue weighted by atomic mass is 9.95. The third-order valence-corrected chi connectivity index (χ3v) is 5.41. The number of amides is 1. The van der Waals surface area contributed by atoms with Crippen LogP contribution >= 0.6 is 23.2 Å². The van der Waals surface area contributed by atoms with E-state index in [1.807, 2.05) is 6.92 Å². The Hall–Kier alpha value is -2.70. The number of carbonyl (C=O) groups excluding carboxylic acids is 2. The Morgan fingerprint density at radius 1 is 1.10 bits per heavy atom. The zero-order valence-corrected chi connectivity index (χ0v) is 18.0. The van der Waals surface area contributed by atoms with Crippen LogP contribution in [0.2, 0.25) is 10.0 Å². The van der Waals surface area contributed by atoms with Crippen LogP contribution in [0.15, 0.2) is 42.0 Å². The van der Waals surface area contributed by atoms with E-state index >= 15 is 0 Å². The topological polar surface area (TPSA) is 87.1 Å². The fourth-order valence-corrected chi connectivity index (χ4v) is 3.82. The smallest absolute Gasteiger partial charge is 0.295 e. The highest BCUT2D eigenvalue weighted by Gasteiger charge is 2.45. The van der Waals surface area contributed by atoms with Crippen LogP contribution in [0.4, 0.5) is 0 Å². The summed E-state index contributed by atoms with van der Waals surface area (Å²) in [6.07, 6.45) is 0.616. The summed E-state index contributed by atoms with van der Waals surface area (Å²) in [4.78, 5) is 27.0. The minimum absolute atomic E-state index is 0.0556. The molecule has 1 atom stereocenters. The number of aromatic hydroxyl groups is 1. The Morgan fingerprint density at radius 2 is 1.83 bits per heavy atom. The number of phenols is 1. The molecule has 2 aromatic carbocycles. The van der Waals surface area contributed by atoms with E-state index in [2.05, 4.69) is 0 Å². The molecule has 0 spiro atoms. The average molecular weight is 450 g/mol. The molecule has 0 aliphatic carbocycles. The van der Waals surface area contributed by atoms with E-state index in [1.165, 1.54) is 23.1 Å². The van der Waals surface area contributed by atoms with Crippen LogP contribution in [0.5, 0.6) is 11.5 Å². The zero-order valence-electron chi connectivity index (χ0n) is 16.5. The molecule has 1 unspecified atom stereocenters. The van der Waals surface area contributed by atoms with Gasteiger partial charge in [0.25, 0.3) is 11.7 Å². The highest BCUT2D eigenvalue weighted by Crippen LogP contribution is 2.41. The highest BCUT2D eigenvalue weighted by atomic mass is 35.5. The predicted molar refractivity (Wildman–Crippen MR) is 115 cm³/mol. The maximum absolute atomic E-state index is 12.9. The van der Waals surface area contributed by atoms with Crippen molar-refractivity contribution < 1.29 is 24.5 Å². The number of aliphatic hydroxyl groups is 1. The monoisotopic (exact) mass is 449 g/mol. The number of rotatable bonds is 6. The van der Waals surface area contributed by atoms with Gasteiger partial charge in [-0.25, -0.2) is 0 Å². The number of carbonyl (C=O) groups is 2. The van der Waals surface area contributed by atoms with E-state index in [1.54, 1.807) is 25.1 Å². The summed E-state index contributed by atoms with van der Waals surface area (Å²) < 4.78 is 5.46. The van der Waals surface area contributed by atoms with Crippen molar-refractivity contribution in [2.45, 2.75) is 26.3 Å². The molecule has 2 N–H and O–H groups in total. The average Bonchev–Trinajstić information content (AvgIpc) is 2.96. The maximum Gasteiger partial charge on any atom is 0.295 e. The van der Waals surface area contributed by atoms with Crippen molar-refractivity contribution in [1.82, 2.24) is 4.90 Å². The summed E-state index contributed by atoms with van der Waals surface area (Å²) >= 11 is 12.2. The molecule has 1 aliphatic heterocycles. The molecule has 0 bridgehead atoms. The summed E-state index contributed by atoms with van der Waals surface area (Å²) in [5.74, 6) is -1.59. The molecule has 6 nitrogen and oxygen atoms in total. The van der Waals surface area contributed by atoms with Crippen LogP contribution in [-0.4, -0.2) is 40.0 Å². The third kappa shape index (κ3) is 3.98. The van der Waals surface area contributed by atoms with E-state index in [-0.39, 0.29) is 22.1 Å². The van der Waals surface area contributed by atoms with Gasteiger partial charge in [-0.1, -0.05) is 36.2 Å². The first-order valence-corrected chi connectivity index (χ1v) is 10.2. The number of nitrogens with zero attached hydrogens (tertiary/aromatic N) is 1. The van der Waals surface area contributed by atoms with Crippen molar-refractivity contribution in [3.63, 3.8) is 0 Å². The normalized spacial score (nSPS) is 18.1. The molecule has 1 fully saturated rings. The fourth-order valence-electron chi connectivity index (χ4n) is 3.46. The van der Waals surface area contributed by atoms with Gasteiger partial charge >= 0.3 is 0 Å². The van der Waals surface area contributed by atoms with Gasteiger partial charge in [0.15, 0.2) is 0 Å². The Balaban J connectivity index is 2.20. The Bertz CT molecular complexity index is 1030. The van der Waals surface area contributed by atoms with Crippen LogP contribution in [0.3, 0.4) is 0 Å². The largest absolute Gasteiger partial charge is 0.507 e. The van der Waals surface area contributed by atoms with Crippen molar-refractivity contribution in [1.29, 1.82) is 0 Å². The van der Waals surface area contributed by atoms with Gasteiger partial charge in [-0.05, 0) is 49.2 Å². The lowest BCUT2D eigenvalue weighted by Gasteiger charge is -2.25. The SMILES string of the molecule is CCCN1C(=O)C(=O)/C(=C(\O)c2ccc(Cl)c(OCC)c2)C1c1ccc(O)c(Cl)c1. The minimum Gasteiger partial charge on any atom is -0.507 e. The number of hydrogen-bond donors (Lipinski definition) is 2. The van der Waals surface area contributed by atoms with Crippen LogP contribution < -0.4 is 4.74 Å². The second-order valence-electron chi connectivity index (χ2n) is 6.78.